The number of hydrogen-bond donors (Lipinski definition) is 5. The van der Waals surface area contributed by atoms with E-state index >= 15 is 0 Å². The molecule has 39 heavy (non-hydrogen) atoms. The molecule has 0 fully saturated rings. The second kappa shape index (κ2) is 12.2. The monoisotopic (exact) mass is 532 g/mol. The molecule has 0 radical (unpaired) electrons. The van der Waals surface area contributed by atoms with Gasteiger partial charge < -0.3 is 26.4 Å². The Morgan fingerprint density at radius 1 is 1.13 bits per heavy atom. The van der Waals surface area contributed by atoms with E-state index in [0.717, 1.165) is 28.6 Å². The molecule has 0 bridgehead atoms. The molecule has 2 heterocycles. The lowest BCUT2D eigenvalue weighted by molar-refractivity contribution is -0.137. The first-order chi connectivity index (χ1) is 18.7. The fourth-order valence-corrected chi connectivity index (χ4v) is 5.09. The van der Waals surface area contributed by atoms with E-state index in [2.05, 4.69) is 22.3 Å². The molecule has 2 aliphatic heterocycles. The van der Waals surface area contributed by atoms with E-state index in [4.69, 9.17) is 5.73 Å². The third kappa shape index (κ3) is 6.81. The number of anilines is 1. The minimum atomic E-state index is -1.15. The van der Waals surface area contributed by atoms with Crippen LogP contribution in [0.25, 0.3) is 0 Å². The Balaban J connectivity index is 1.51. The molecule has 2 aliphatic rings. The van der Waals surface area contributed by atoms with E-state index < -0.39 is 36.4 Å². The summed E-state index contributed by atoms with van der Waals surface area (Å²) in [5.74, 6) is -1.68. The van der Waals surface area contributed by atoms with Crippen LogP contribution in [-0.4, -0.2) is 53.3 Å². The Morgan fingerprint density at radius 2 is 1.87 bits per heavy atom. The minimum absolute atomic E-state index is 0.101. The van der Waals surface area contributed by atoms with Crippen LogP contribution in [0.5, 0.6) is 0 Å². The maximum absolute atomic E-state index is 13.5. The van der Waals surface area contributed by atoms with E-state index in [1.54, 1.807) is 0 Å². The van der Waals surface area contributed by atoms with Crippen LogP contribution in [-0.2, 0) is 33.6 Å². The van der Waals surface area contributed by atoms with Gasteiger partial charge in [-0.2, -0.15) is 5.10 Å². The number of nitrogens with one attached hydrogen (secondary N) is 3. The molecule has 4 amide bonds. The van der Waals surface area contributed by atoms with E-state index in [1.165, 1.54) is 0 Å². The molecule has 3 atom stereocenters. The molecular weight excluding hydrogens is 500 g/mol. The Morgan fingerprint density at radius 3 is 2.59 bits per heavy atom. The topological polar surface area (TPSA) is 166 Å². The van der Waals surface area contributed by atoms with Crippen molar-refractivity contribution in [3.05, 3.63) is 77.5 Å². The largest absolute Gasteiger partial charge is 0.481 e. The number of carbonyl (C=O) groups is 4. The van der Waals surface area contributed by atoms with Crippen molar-refractivity contribution in [1.29, 1.82) is 0 Å². The summed E-state index contributed by atoms with van der Waals surface area (Å²) in [6.07, 6.45) is 3.33. The second-order valence-electron chi connectivity index (χ2n) is 9.62. The Bertz CT molecular complexity index is 1290. The van der Waals surface area contributed by atoms with Crippen LogP contribution in [0.4, 0.5) is 10.5 Å². The first-order valence-electron chi connectivity index (χ1n) is 12.8. The molecule has 11 nitrogen and oxygen atoms in total. The van der Waals surface area contributed by atoms with Crippen LogP contribution >= 0.6 is 0 Å². The lowest BCUT2D eigenvalue weighted by Crippen LogP contribution is -2.51. The van der Waals surface area contributed by atoms with Crippen LogP contribution in [0.3, 0.4) is 0 Å². The number of carboxylic acids is 1. The van der Waals surface area contributed by atoms with Crippen molar-refractivity contribution in [3.63, 3.8) is 0 Å². The minimum Gasteiger partial charge on any atom is -0.481 e. The van der Waals surface area contributed by atoms with Crippen LogP contribution in [0.15, 0.2) is 65.9 Å². The summed E-state index contributed by atoms with van der Waals surface area (Å²) in [5.41, 5.74) is 11.6. The molecule has 11 heteroatoms. The predicted molar refractivity (Wildman–Crippen MR) is 146 cm³/mol. The van der Waals surface area contributed by atoms with Gasteiger partial charge in [0.25, 0.3) is 0 Å². The third-order valence-corrected chi connectivity index (χ3v) is 6.86. The number of hydrogen-bond acceptors (Lipinski definition) is 6. The average molecular weight is 533 g/mol. The highest BCUT2D eigenvalue weighted by atomic mass is 16.4. The van der Waals surface area contributed by atoms with Gasteiger partial charge in [0.05, 0.1) is 18.5 Å². The van der Waals surface area contributed by atoms with Gasteiger partial charge in [0, 0.05) is 30.4 Å². The van der Waals surface area contributed by atoms with Crippen LogP contribution < -0.4 is 26.7 Å². The average Bonchev–Trinajstić information content (AvgIpc) is 3.23. The fraction of sp³-hybridized carbons (Fsp3) is 0.321. The number of aliphatic carboxylic acids is 1. The summed E-state index contributed by atoms with van der Waals surface area (Å²) in [7, 11) is 0. The summed E-state index contributed by atoms with van der Waals surface area (Å²) in [4.78, 5) is 50.5. The molecule has 4 rings (SSSR count). The molecule has 6 N–H and O–H groups in total. The SMILES string of the molecule is C=C1C(NC(=O)CCc2ccccc2)CCc2cccc3c2N1C(C(=O)NC(/C=N/NC(N)=O)CC(=O)O)C3. The number of nitrogens with zero attached hydrogens (tertiary/aromatic N) is 2. The van der Waals surface area contributed by atoms with Crippen molar-refractivity contribution < 1.29 is 24.3 Å². The van der Waals surface area contributed by atoms with Gasteiger partial charge in [-0.15, -0.1) is 0 Å². The number of benzene rings is 2. The van der Waals surface area contributed by atoms with E-state index in [-0.39, 0.29) is 11.9 Å². The van der Waals surface area contributed by atoms with Crippen LogP contribution in [0.2, 0.25) is 0 Å². The maximum atomic E-state index is 13.5. The number of carboxylic acid groups (broad SMARTS) is 1. The van der Waals surface area contributed by atoms with Gasteiger partial charge in [0.1, 0.15) is 6.04 Å². The summed E-state index contributed by atoms with van der Waals surface area (Å²) >= 11 is 0. The Labute approximate surface area is 226 Å². The Hall–Kier alpha value is -4.67. The van der Waals surface area contributed by atoms with Gasteiger partial charge in [-0.1, -0.05) is 55.1 Å². The van der Waals surface area contributed by atoms with Crippen LogP contribution in [0.1, 0.15) is 36.0 Å². The number of urea groups is 1. The first kappa shape index (κ1) is 27.4. The zero-order chi connectivity index (χ0) is 27.9. The molecule has 0 aliphatic carbocycles. The quantitative estimate of drug-likeness (QED) is 0.230. The molecule has 0 saturated heterocycles. The smallest absolute Gasteiger partial charge is 0.332 e. The van der Waals surface area contributed by atoms with Crippen molar-refractivity contribution in [2.75, 3.05) is 4.90 Å². The molecular formula is C28H32N6O5. The molecule has 2 aromatic carbocycles. The second-order valence-corrected chi connectivity index (χ2v) is 9.62. The summed E-state index contributed by atoms with van der Waals surface area (Å²) in [6.45, 7) is 4.29. The van der Waals surface area contributed by atoms with Gasteiger partial charge in [-0.25, -0.2) is 10.2 Å². The summed E-state index contributed by atoms with van der Waals surface area (Å²) < 4.78 is 0. The zero-order valence-electron chi connectivity index (χ0n) is 21.4. The van der Waals surface area contributed by atoms with Crippen molar-refractivity contribution in [3.8, 4) is 0 Å². The van der Waals surface area contributed by atoms with Crippen molar-refractivity contribution in [2.24, 2.45) is 10.8 Å². The molecule has 0 aromatic heterocycles. The van der Waals surface area contributed by atoms with Crippen molar-refractivity contribution >= 4 is 35.7 Å². The number of carbonyl (C=O) groups excluding carboxylic acids is 3. The van der Waals surface area contributed by atoms with E-state index in [9.17, 15) is 24.3 Å². The van der Waals surface area contributed by atoms with Gasteiger partial charge in [-0.05, 0) is 36.0 Å². The van der Waals surface area contributed by atoms with Gasteiger partial charge >= 0.3 is 12.0 Å². The summed E-state index contributed by atoms with van der Waals surface area (Å²) in [5, 5.41) is 18.7. The lowest BCUT2D eigenvalue weighted by atomic mass is 10.0. The van der Waals surface area contributed by atoms with Gasteiger partial charge in [-0.3, -0.25) is 14.4 Å². The lowest BCUT2D eigenvalue weighted by Gasteiger charge is -2.32. The number of hydrazone groups is 1. The standard InChI is InChI=1S/C28H32N6O5/c1-17-22(32-24(35)13-10-18-6-3-2-4-7-18)12-11-19-8-5-9-20-14-23(34(17)26(19)20)27(38)31-21(15-25(36)37)16-30-33-28(29)39/h2-9,16,21-23H,1,10-15H2,(H,31,38)(H,32,35)(H,36,37)(H3,29,33,39)/b30-16+. The normalized spacial score (nSPS) is 18.7. The van der Waals surface area contributed by atoms with Crippen molar-refractivity contribution in [1.82, 2.24) is 16.1 Å². The van der Waals surface area contributed by atoms with Crippen LogP contribution in [0, 0.1) is 0 Å². The molecule has 204 valence electrons. The maximum Gasteiger partial charge on any atom is 0.332 e. The molecule has 3 unspecified atom stereocenters. The Kier molecular flexibility index (Phi) is 8.60. The van der Waals surface area contributed by atoms with Crippen molar-refractivity contribution in [2.45, 2.75) is 56.7 Å². The number of amides is 4. The summed E-state index contributed by atoms with van der Waals surface area (Å²) in [6, 6.07) is 12.7. The van der Waals surface area contributed by atoms with E-state index in [1.807, 2.05) is 58.9 Å². The van der Waals surface area contributed by atoms with Gasteiger partial charge in [0.2, 0.25) is 11.8 Å². The fourth-order valence-electron chi connectivity index (χ4n) is 5.09. The highest BCUT2D eigenvalue weighted by molar-refractivity contribution is 5.93. The highest BCUT2D eigenvalue weighted by Gasteiger charge is 2.41. The zero-order valence-corrected chi connectivity index (χ0v) is 21.4. The van der Waals surface area contributed by atoms with Gasteiger partial charge in [0.15, 0.2) is 0 Å². The number of nitrogens with two attached hydrogens (primary N) is 1. The number of aryl methyl sites for hydroxylation is 2. The highest BCUT2D eigenvalue weighted by Crippen LogP contribution is 2.41. The number of rotatable bonds is 10. The number of primary amides is 1. The van der Waals surface area contributed by atoms with E-state index in [0.29, 0.717) is 37.8 Å². The molecule has 0 saturated carbocycles. The number of para-hydroxylation sites is 1. The molecule has 2 aromatic rings. The third-order valence-electron chi connectivity index (χ3n) is 6.86. The predicted octanol–water partition coefficient (Wildman–Crippen LogP) is 1.61. The molecule has 0 spiro atoms. The first-order valence-corrected chi connectivity index (χ1v) is 12.8.